The number of rotatable bonds is 3. The molecule has 1 heterocycles. The standard InChI is InChI=1S/C18H11F3N2O2S/c19-18(20,21)15-11-14(16(23-22-15)12-7-3-1-4-8-12)25-17(26)24-13-9-5-2-6-10-13/h1-11H. The molecule has 0 spiro atoms. The number of benzene rings is 2. The van der Waals surface area contributed by atoms with Gasteiger partial charge in [0.15, 0.2) is 11.4 Å². The smallest absolute Gasteiger partial charge is 0.417 e. The molecule has 0 N–H and O–H groups in total. The highest BCUT2D eigenvalue weighted by Gasteiger charge is 2.34. The summed E-state index contributed by atoms with van der Waals surface area (Å²) in [7, 11) is 0. The minimum Gasteiger partial charge on any atom is -0.417 e. The first-order chi connectivity index (χ1) is 12.4. The highest BCUT2D eigenvalue weighted by atomic mass is 32.1. The molecule has 3 rings (SSSR count). The average Bonchev–Trinajstić information content (AvgIpc) is 2.62. The topological polar surface area (TPSA) is 44.2 Å². The fourth-order valence-electron chi connectivity index (χ4n) is 2.08. The lowest BCUT2D eigenvalue weighted by molar-refractivity contribution is -0.141. The van der Waals surface area contributed by atoms with Crippen LogP contribution < -0.4 is 9.47 Å². The molecule has 0 saturated heterocycles. The third-order valence-corrected chi connectivity index (χ3v) is 3.40. The number of halogens is 3. The Morgan fingerprint density at radius 2 is 1.46 bits per heavy atom. The Balaban J connectivity index is 1.93. The van der Waals surface area contributed by atoms with Crippen LogP contribution in [0.3, 0.4) is 0 Å². The first-order valence-corrected chi connectivity index (χ1v) is 7.79. The van der Waals surface area contributed by atoms with Crippen molar-refractivity contribution >= 4 is 17.5 Å². The molecule has 0 unspecified atom stereocenters. The Hall–Kier alpha value is -3.00. The number of thiocarbonyl (C=S) groups is 1. The van der Waals surface area contributed by atoms with Crippen LogP contribution in [-0.4, -0.2) is 15.4 Å². The van der Waals surface area contributed by atoms with Gasteiger partial charge in [0.05, 0.1) is 0 Å². The number of ether oxygens (including phenoxy) is 2. The molecule has 1 aromatic heterocycles. The molecule has 8 heteroatoms. The first-order valence-electron chi connectivity index (χ1n) is 7.38. The molecule has 0 atom stereocenters. The lowest BCUT2D eigenvalue weighted by Gasteiger charge is -2.13. The van der Waals surface area contributed by atoms with Crippen LogP contribution in [-0.2, 0) is 6.18 Å². The highest BCUT2D eigenvalue weighted by molar-refractivity contribution is 7.79. The third-order valence-electron chi connectivity index (χ3n) is 3.23. The van der Waals surface area contributed by atoms with Crippen LogP contribution in [0.4, 0.5) is 13.2 Å². The molecule has 0 saturated carbocycles. The van der Waals surface area contributed by atoms with Gasteiger partial charge in [0, 0.05) is 23.8 Å². The van der Waals surface area contributed by atoms with Crippen molar-refractivity contribution in [2.45, 2.75) is 6.18 Å². The van der Waals surface area contributed by atoms with Crippen molar-refractivity contribution in [3.63, 3.8) is 0 Å². The second-order valence-corrected chi connectivity index (χ2v) is 5.41. The molecule has 0 amide bonds. The van der Waals surface area contributed by atoms with Crippen molar-refractivity contribution in [2.24, 2.45) is 0 Å². The molecule has 2 aromatic carbocycles. The Morgan fingerprint density at radius 3 is 2.08 bits per heavy atom. The number of para-hydroxylation sites is 1. The number of aromatic nitrogens is 2. The second-order valence-electron chi connectivity index (χ2n) is 5.07. The van der Waals surface area contributed by atoms with Gasteiger partial charge in [-0.15, -0.1) is 10.2 Å². The normalized spacial score (nSPS) is 11.0. The summed E-state index contributed by atoms with van der Waals surface area (Å²) in [5.74, 6) is 0.205. The Morgan fingerprint density at radius 1 is 0.846 bits per heavy atom. The zero-order chi connectivity index (χ0) is 18.6. The van der Waals surface area contributed by atoms with E-state index in [9.17, 15) is 13.2 Å². The zero-order valence-corrected chi connectivity index (χ0v) is 13.9. The molecule has 0 fully saturated rings. The van der Waals surface area contributed by atoms with E-state index in [2.05, 4.69) is 10.2 Å². The van der Waals surface area contributed by atoms with Gasteiger partial charge in [-0.2, -0.15) is 13.2 Å². The number of hydrogen-bond donors (Lipinski definition) is 0. The number of hydrogen-bond acceptors (Lipinski definition) is 5. The van der Waals surface area contributed by atoms with E-state index in [1.165, 1.54) is 0 Å². The maximum Gasteiger partial charge on any atom is 0.435 e. The van der Waals surface area contributed by atoms with E-state index in [-0.39, 0.29) is 16.7 Å². The van der Waals surface area contributed by atoms with Crippen LogP contribution in [0.5, 0.6) is 11.5 Å². The van der Waals surface area contributed by atoms with Gasteiger partial charge in [0.2, 0.25) is 0 Å². The second kappa shape index (κ2) is 7.49. The van der Waals surface area contributed by atoms with Crippen LogP contribution in [0.1, 0.15) is 5.69 Å². The van der Waals surface area contributed by atoms with E-state index in [0.717, 1.165) is 6.07 Å². The van der Waals surface area contributed by atoms with Gasteiger partial charge in [-0.3, -0.25) is 0 Å². The van der Waals surface area contributed by atoms with E-state index < -0.39 is 11.9 Å². The van der Waals surface area contributed by atoms with E-state index in [1.807, 2.05) is 0 Å². The molecule has 0 bridgehead atoms. The molecule has 0 aliphatic carbocycles. The summed E-state index contributed by atoms with van der Waals surface area (Å²) in [5.41, 5.74) is -0.529. The van der Waals surface area contributed by atoms with E-state index >= 15 is 0 Å². The predicted molar refractivity (Wildman–Crippen MR) is 92.8 cm³/mol. The van der Waals surface area contributed by atoms with Gasteiger partial charge in [-0.05, 0) is 12.1 Å². The van der Waals surface area contributed by atoms with Crippen LogP contribution in [0.2, 0.25) is 0 Å². The van der Waals surface area contributed by atoms with Crippen LogP contribution in [0.15, 0.2) is 66.7 Å². The summed E-state index contributed by atoms with van der Waals surface area (Å²) in [6.07, 6.45) is -4.66. The van der Waals surface area contributed by atoms with Crippen molar-refractivity contribution in [1.82, 2.24) is 10.2 Å². The van der Waals surface area contributed by atoms with Crippen molar-refractivity contribution in [3.8, 4) is 22.8 Å². The highest BCUT2D eigenvalue weighted by Crippen LogP contribution is 2.34. The predicted octanol–water partition coefficient (Wildman–Crippen LogP) is 4.91. The lowest BCUT2D eigenvalue weighted by Crippen LogP contribution is -2.16. The van der Waals surface area contributed by atoms with Crippen molar-refractivity contribution in [1.29, 1.82) is 0 Å². The lowest BCUT2D eigenvalue weighted by atomic mass is 10.1. The molecule has 4 nitrogen and oxygen atoms in total. The Bertz CT molecular complexity index is 903. The van der Waals surface area contributed by atoms with Gasteiger partial charge in [-0.1, -0.05) is 48.5 Å². The SMILES string of the molecule is FC(F)(F)c1cc(OC(=S)Oc2ccccc2)c(-c2ccccc2)nn1. The molecule has 3 aromatic rings. The maximum atomic E-state index is 13.0. The minimum absolute atomic E-state index is 0.123. The van der Waals surface area contributed by atoms with Gasteiger partial charge in [-0.25, -0.2) is 0 Å². The Kier molecular flexibility index (Phi) is 5.13. The molecule has 26 heavy (non-hydrogen) atoms. The number of nitrogens with zero attached hydrogens (tertiary/aromatic N) is 2. The van der Waals surface area contributed by atoms with Gasteiger partial charge < -0.3 is 9.47 Å². The monoisotopic (exact) mass is 376 g/mol. The fraction of sp³-hybridized carbons (Fsp3) is 0.0556. The van der Waals surface area contributed by atoms with Crippen molar-refractivity contribution in [2.75, 3.05) is 0 Å². The summed E-state index contributed by atoms with van der Waals surface area (Å²) in [6.45, 7) is 0. The quantitative estimate of drug-likeness (QED) is 0.608. The van der Waals surface area contributed by atoms with E-state index in [0.29, 0.717) is 11.3 Å². The largest absolute Gasteiger partial charge is 0.435 e. The van der Waals surface area contributed by atoms with Crippen LogP contribution >= 0.6 is 12.2 Å². The van der Waals surface area contributed by atoms with E-state index in [4.69, 9.17) is 21.7 Å². The summed E-state index contributed by atoms with van der Waals surface area (Å²) >= 11 is 4.99. The molecule has 0 aliphatic rings. The number of alkyl halides is 3. The first kappa shape index (κ1) is 17.8. The summed E-state index contributed by atoms with van der Waals surface area (Å²) < 4.78 is 49.6. The summed E-state index contributed by atoms with van der Waals surface area (Å²) in [4.78, 5) is 0. The van der Waals surface area contributed by atoms with Gasteiger partial charge >= 0.3 is 11.4 Å². The summed E-state index contributed by atoms with van der Waals surface area (Å²) in [6, 6.07) is 17.8. The van der Waals surface area contributed by atoms with Gasteiger partial charge in [0.25, 0.3) is 0 Å². The van der Waals surface area contributed by atoms with E-state index in [1.54, 1.807) is 60.7 Å². The van der Waals surface area contributed by atoms with Crippen LogP contribution in [0, 0.1) is 0 Å². The fourth-order valence-corrected chi connectivity index (χ4v) is 2.27. The van der Waals surface area contributed by atoms with Crippen molar-refractivity contribution in [3.05, 3.63) is 72.4 Å². The zero-order valence-electron chi connectivity index (χ0n) is 13.1. The molecular formula is C18H11F3N2O2S. The average molecular weight is 376 g/mol. The maximum absolute atomic E-state index is 13.0. The Labute approximate surface area is 152 Å². The minimum atomic E-state index is -4.66. The molecule has 0 aliphatic heterocycles. The van der Waals surface area contributed by atoms with Crippen molar-refractivity contribution < 1.29 is 22.6 Å². The van der Waals surface area contributed by atoms with Gasteiger partial charge in [0.1, 0.15) is 11.4 Å². The summed E-state index contributed by atoms with van der Waals surface area (Å²) in [5, 5.41) is 6.55. The molecule has 132 valence electrons. The third kappa shape index (κ3) is 4.34. The van der Waals surface area contributed by atoms with Crippen LogP contribution in [0.25, 0.3) is 11.3 Å². The molecular weight excluding hydrogens is 365 g/mol. The molecule has 0 radical (unpaired) electrons.